The fourth-order valence-corrected chi connectivity index (χ4v) is 5.55. The number of ketones is 3. The van der Waals surface area contributed by atoms with Gasteiger partial charge >= 0.3 is 0 Å². The average molecular weight is 766 g/mol. The molecule has 13 heteroatoms. The second-order valence-electron chi connectivity index (χ2n) is 10.0. The summed E-state index contributed by atoms with van der Waals surface area (Å²) in [6.07, 6.45) is -4.53. The first-order valence-electron chi connectivity index (χ1n) is 12.1. The number of fused-ring (bicyclic) bond motifs is 3. The van der Waals surface area contributed by atoms with Gasteiger partial charge in [-0.3, -0.25) is 14.4 Å². The van der Waals surface area contributed by atoms with Crippen LogP contribution >= 0.6 is 37.2 Å². The Morgan fingerprint density at radius 2 is 1.77 bits per heavy atom. The average Bonchev–Trinajstić information content (AvgIpc) is 2.88. The van der Waals surface area contributed by atoms with Gasteiger partial charge in [-0.15, -0.1) is 0 Å². The molecule has 0 spiro atoms. The predicted molar refractivity (Wildman–Crippen MR) is 156 cm³/mol. The Morgan fingerprint density at radius 3 is 2.38 bits per heavy atom. The highest BCUT2D eigenvalue weighted by Crippen LogP contribution is 2.52. The van der Waals surface area contributed by atoms with E-state index in [-0.39, 0.29) is 40.8 Å². The van der Waals surface area contributed by atoms with Crippen LogP contribution in [0.5, 0.6) is 11.5 Å². The Kier molecular flexibility index (Phi) is 8.62. The number of nitrogens with two attached hydrogens (primary N) is 2. The Bertz CT molecular complexity index is 1360. The quantitative estimate of drug-likeness (QED) is 0.130. The molecule has 2 aromatic carbocycles. The predicted octanol–water partition coefficient (Wildman–Crippen LogP) is 2.37. The van der Waals surface area contributed by atoms with Gasteiger partial charge < -0.3 is 41.4 Å². The highest BCUT2D eigenvalue weighted by atomic mass is 128. The summed E-state index contributed by atoms with van der Waals surface area (Å²) in [6, 6.07) is 3.64. The zero-order chi connectivity index (χ0) is 29.0. The number of hydrogen-bond acceptors (Lipinski definition) is 11. The normalized spacial score (nSPS) is 29.5. The van der Waals surface area contributed by atoms with Crippen molar-refractivity contribution in [2.24, 2.45) is 5.73 Å². The second-order valence-corrected chi connectivity index (χ2v) is 10.0. The van der Waals surface area contributed by atoms with Crippen LogP contribution in [0.15, 0.2) is 18.2 Å². The van der Waals surface area contributed by atoms with Crippen LogP contribution in [-0.2, 0) is 20.7 Å². The van der Waals surface area contributed by atoms with Crippen LogP contribution in [0.2, 0.25) is 0 Å². The van der Waals surface area contributed by atoms with Gasteiger partial charge in [-0.2, -0.15) is 0 Å². The standard InChI is InChI=1S/C26H28N2O9.I2/c1-9-21(30)14(28)6-16(36-9)37-15-8-26(35,10(2)29)7-12-18(15)25(34)20-19(23(12)32)22(31)11-4-3-5-13(27)17(11)24(20)33;1-2/h3-5,9,14-16,21,30,32,34-35H,6-8,27-28H2,1-2H3;/t9-,14-,15-,16-,21+,26-;/m0./s1. The summed E-state index contributed by atoms with van der Waals surface area (Å²) in [6.45, 7) is 2.78. The van der Waals surface area contributed by atoms with Gasteiger partial charge in [0, 0.05) is 84.9 Å². The van der Waals surface area contributed by atoms with Gasteiger partial charge in [0.05, 0.1) is 35.0 Å². The van der Waals surface area contributed by atoms with Crippen molar-refractivity contribution in [3.8, 4) is 11.5 Å². The zero-order valence-corrected chi connectivity index (χ0v) is 25.3. The van der Waals surface area contributed by atoms with E-state index >= 15 is 0 Å². The van der Waals surface area contributed by atoms with Crippen molar-refractivity contribution in [3.63, 3.8) is 0 Å². The van der Waals surface area contributed by atoms with Crippen molar-refractivity contribution < 1.29 is 44.3 Å². The number of carbonyl (C=O) groups is 3. The van der Waals surface area contributed by atoms with E-state index in [2.05, 4.69) is 37.2 Å². The minimum atomic E-state index is -2.00. The molecule has 1 aliphatic heterocycles. The largest absolute Gasteiger partial charge is 0.507 e. The van der Waals surface area contributed by atoms with Gasteiger partial charge in [0.25, 0.3) is 0 Å². The van der Waals surface area contributed by atoms with Crippen molar-refractivity contribution in [1.82, 2.24) is 0 Å². The molecule has 0 aromatic heterocycles. The molecular formula is C26H28I2N2O9. The van der Waals surface area contributed by atoms with Crippen molar-refractivity contribution >= 4 is 60.3 Å². The van der Waals surface area contributed by atoms with E-state index in [0.717, 1.165) is 0 Å². The lowest BCUT2D eigenvalue weighted by molar-refractivity contribution is -0.247. The molecule has 1 fully saturated rings. The number of phenolic OH excluding ortho intramolecular Hbond substituents is 2. The van der Waals surface area contributed by atoms with Crippen LogP contribution in [0.1, 0.15) is 75.8 Å². The zero-order valence-electron chi connectivity index (χ0n) is 21.0. The second kappa shape index (κ2) is 11.2. The van der Waals surface area contributed by atoms with Crippen LogP contribution in [0.4, 0.5) is 5.69 Å². The number of aliphatic hydroxyl groups excluding tert-OH is 1. The summed E-state index contributed by atoms with van der Waals surface area (Å²) in [5.74, 6) is -3.34. The number of aliphatic hydroxyl groups is 2. The Balaban J connectivity index is 0.00000172. The van der Waals surface area contributed by atoms with E-state index in [9.17, 15) is 34.8 Å². The summed E-state index contributed by atoms with van der Waals surface area (Å²) >= 11 is 4.24. The van der Waals surface area contributed by atoms with Crippen LogP contribution in [0.3, 0.4) is 0 Å². The van der Waals surface area contributed by atoms with Crippen LogP contribution in [-0.4, -0.2) is 67.9 Å². The van der Waals surface area contributed by atoms with E-state index in [4.69, 9.17) is 20.9 Å². The van der Waals surface area contributed by atoms with E-state index in [0.29, 0.717) is 0 Å². The molecule has 0 unspecified atom stereocenters. The molecule has 2 aliphatic carbocycles. The molecule has 11 nitrogen and oxygen atoms in total. The van der Waals surface area contributed by atoms with Crippen molar-refractivity contribution in [2.75, 3.05) is 5.73 Å². The minimum Gasteiger partial charge on any atom is -0.507 e. The molecule has 1 saturated heterocycles. The molecule has 0 saturated carbocycles. The van der Waals surface area contributed by atoms with Crippen molar-refractivity contribution in [1.29, 1.82) is 0 Å². The molecular weight excluding hydrogens is 738 g/mol. The number of carbonyl (C=O) groups excluding carboxylic acids is 3. The molecule has 1 heterocycles. The summed E-state index contributed by atoms with van der Waals surface area (Å²) < 4.78 is 11.8. The molecule has 210 valence electrons. The first-order valence-corrected chi connectivity index (χ1v) is 18.3. The van der Waals surface area contributed by atoms with Crippen LogP contribution in [0.25, 0.3) is 0 Å². The van der Waals surface area contributed by atoms with E-state index < -0.39 is 82.6 Å². The lowest BCUT2D eigenvalue weighted by Crippen LogP contribution is -2.52. The molecule has 3 aliphatic rings. The molecule has 2 aromatic rings. The van der Waals surface area contributed by atoms with Crippen molar-refractivity contribution in [2.45, 2.75) is 69.4 Å². The maximum Gasteiger partial charge on any atom is 0.200 e. The summed E-state index contributed by atoms with van der Waals surface area (Å²) in [5, 5.41) is 43.9. The highest BCUT2D eigenvalue weighted by molar-refractivity contribution is 15.0. The van der Waals surface area contributed by atoms with Gasteiger partial charge in [0.15, 0.2) is 23.6 Å². The monoisotopic (exact) mass is 766 g/mol. The molecule has 39 heavy (non-hydrogen) atoms. The number of hydrogen-bond donors (Lipinski definition) is 6. The molecule has 5 rings (SSSR count). The number of rotatable bonds is 3. The maximum atomic E-state index is 13.5. The van der Waals surface area contributed by atoms with Crippen LogP contribution in [0, 0.1) is 0 Å². The topological polar surface area (TPSA) is 203 Å². The number of halogens is 2. The van der Waals surface area contributed by atoms with Gasteiger partial charge in [0.2, 0.25) is 0 Å². The lowest BCUT2D eigenvalue weighted by Gasteiger charge is -2.42. The summed E-state index contributed by atoms with van der Waals surface area (Å²) in [4.78, 5) is 39.3. The third kappa shape index (κ3) is 4.95. The van der Waals surface area contributed by atoms with E-state index in [1.807, 2.05) is 0 Å². The number of phenols is 2. The number of Topliss-reactive ketones (excluding diaryl/α,β-unsaturated/α-hetero) is 1. The van der Waals surface area contributed by atoms with E-state index in [1.54, 1.807) is 6.92 Å². The minimum absolute atomic E-state index is 0.0327. The first-order chi connectivity index (χ1) is 18.4. The molecule has 0 amide bonds. The molecule has 6 atom stereocenters. The van der Waals surface area contributed by atoms with Gasteiger partial charge in [0.1, 0.15) is 17.1 Å². The number of nitrogen functional groups attached to an aromatic ring is 1. The van der Waals surface area contributed by atoms with Gasteiger partial charge in [-0.1, -0.05) is 12.1 Å². The Morgan fingerprint density at radius 1 is 1.13 bits per heavy atom. The molecule has 0 bridgehead atoms. The molecule has 8 N–H and O–H groups in total. The lowest BCUT2D eigenvalue weighted by atomic mass is 9.72. The Labute approximate surface area is 247 Å². The fourth-order valence-electron chi connectivity index (χ4n) is 5.55. The molecule has 0 radical (unpaired) electrons. The van der Waals surface area contributed by atoms with Crippen molar-refractivity contribution in [3.05, 3.63) is 51.6 Å². The van der Waals surface area contributed by atoms with Crippen LogP contribution < -0.4 is 11.5 Å². The highest BCUT2D eigenvalue weighted by Gasteiger charge is 2.49. The number of anilines is 1. The number of aromatic hydroxyl groups is 2. The summed E-state index contributed by atoms with van der Waals surface area (Å²) in [7, 11) is 0. The number of ether oxygens (including phenoxy) is 2. The van der Waals surface area contributed by atoms with Gasteiger partial charge in [-0.05, 0) is 19.9 Å². The SMILES string of the molecule is CC(=O)[C@]1(O)Cc2c(O)c3c(c(O)c2[C@@H](O[C@H]2C[C@H](N)[C@H](O)[C@H](C)O2)C1)C(=O)c1c(N)cccc1C3=O.II. The van der Waals surface area contributed by atoms with E-state index in [1.165, 1.54) is 25.1 Å². The van der Waals surface area contributed by atoms with Gasteiger partial charge in [-0.25, -0.2) is 0 Å². The third-order valence-corrected chi connectivity index (χ3v) is 7.65. The Hall–Kier alpha value is -1.89. The third-order valence-electron chi connectivity index (χ3n) is 7.65. The summed E-state index contributed by atoms with van der Waals surface area (Å²) in [5.41, 5.74) is 8.89. The fraction of sp³-hybridized carbons (Fsp3) is 0.423. The number of benzene rings is 2. The first kappa shape index (κ1) is 30.1. The smallest absolute Gasteiger partial charge is 0.200 e. The maximum absolute atomic E-state index is 13.5.